The number of benzene rings is 1. The lowest BCUT2D eigenvalue weighted by atomic mass is 9.86. The number of hydrogen-bond acceptors (Lipinski definition) is 4. The quantitative estimate of drug-likeness (QED) is 0.652. The van der Waals surface area contributed by atoms with Gasteiger partial charge in [0, 0.05) is 28.7 Å². The molecule has 0 unspecified atom stereocenters. The van der Waals surface area contributed by atoms with E-state index in [4.69, 9.17) is 5.41 Å². The molecule has 0 spiro atoms. The lowest BCUT2D eigenvalue weighted by Gasteiger charge is -2.39. The summed E-state index contributed by atoms with van der Waals surface area (Å²) in [7, 11) is 1.62. The number of aromatic nitrogens is 1. The first-order valence-corrected chi connectivity index (χ1v) is 9.12. The average molecular weight is 362 g/mol. The van der Waals surface area contributed by atoms with Crippen molar-refractivity contribution >= 4 is 43.4 Å². The van der Waals surface area contributed by atoms with Crippen LogP contribution in [0, 0.1) is 17.3 Å². The van der Waals surface area contributed by atoms with Gasteiger partial charge in [-0.15, -0.1) is 11.3 Å². The Labute approximate surface area is 155 Å². The van der Waals surface area contributed by atoms with Gasteiger partial charge in [-0.05, 0) is 43.5 Å². The first-order valence-electron chi connectivity index (χ1n) is 8.30. The number of nitrogens with one attached hydrogen (secondary N) is 2. The highest BCUT2D eigenvalue weighted by Crippen LogP contribution is 2.37. The number of carbonyl (C=O) groups excluding carboxylic acids is 1. The van der Waals surface area contributed by atoms with Gasteiger partial charge in [0.25, 0.3) is 0 Å². The zero-order chi connectivity index (χ0) is 18.5. The molecule has 1 saturated heterocycles. The van der Waals surface area contributed by atoms with Crippen molar-refractivity contribution in [3.8, 4) is 11.8 Å². The molecule has 0 bridgehead atoms. The minimum absolute atomic E-state index is 0.0590. The maximum atomic E-state index is 12.3. The molecule has 130 valence electrons. The van der Waals surface area contributed by atoms with Gasteiger partial charge in [-0.2, -0.15) is 0 Å². The van der Waals surface area contributed by atoms with E-state index < -0.39 is 5.54 Å². The van der Waals surface area contributed by atoms with Crippen molar-refractivity contribution < 1.29 is 4.79 Å². The van der Waals surface area contributed by atoms with Gasteiger partial charge in [0.1, 0.15) is 5.69 Å². The maximum absolute atomic E-state index is 12.3. The largest absolute Gasteiger partial charge is 0.346 e. The van der Waals surface area contributed by atoms with E-state index in [2.05, 4.69) is 34.3 Å². The Kier molecular flexibility index (Phi) is 3.70. The SMILES string of the molecule is CC#Cc1cc2c(cn1)sc1ccc([C@]3(C)CC(=O)N(C)C(=N)N3)cc12. The van der Waals surface area contributed by atoms with E-state index in [0.717, 1.165) is 26.7 Å². The van der Waals surface area contributed by atoms with Gasteiger partial charge in [-0.1, -0.05) is 12.0 Å². The smallest absolute Gasteiger partial charge is 0.231 e. The second-order valence-electron chi connectivity index (χ2n) is 6.69. The molecule has 2 N–H and O–H groups in total. The molecule has 6 heteroatoms. The van der Waals surface area contributed by atoms with Gasteiger partial charge < -0.3 is 5.32 Å². The van der Waals surface area contributed by atoms with Crippen molar-refractivity contribution in [3.63, 3.8) is 0 Å². The van der Waals surface area contributed by atoms with Crippen molar-refractivity contribution in [1.29, 1.82) is 5.41 Å². The van der Waals surface area contributed by atoms with Crippen LogP contribution in [0.2, 0.25) is 0 Å². The third-order valence-corrected chi connectivity index (χ3v) is 5.98. The van der Waals surface area contributed by atoms with Gasteiger partial charge in [-0.3, -0.25) is 15.1 Å². The Balaban J connectivity index is 1.87. The van der Waals surface area contributed by atoms with E-state index >= 15 is 0 Å². The molecular weight excluding hydrogens is 344 g/mol. The van der Waals surface area contributed by atoms with Crippen LogP contribution in [0.25, 0.3) is 20.2 Å². The summed E-state index contributed by atoms with van der Waals surface area (Å²) in [6.07, 6.45) is 2.18. The van der Waals surface area contributed by atoms with Crippen LogP contribution in [0.5, 0.6) is 0 Å². The predicted octanol–water partition coefficient (Wildman–Crippen LogP) is 3.42. The molecule has 2 aromatic heterocycles. The number of amides is 1. The number of pyridine rings is 1. The Morgan fingerprint density at radius 3 is 2.81 bits per heavy atom. The minimum Gasteiger partial charge on any atom is -0.346 e. The fourth-order valence-electron chi connectivity index (χ4n) is 3.33. The van der Waals surface area contributed by atoms with Gasteiger partial charge in [0.05, 0.1) is 16.7 Å². The van der Waals surface area contributed by atoms with E-state index in [-0.39, 0.29) is 11.9 Å². The lowest BCUT2D eigenvalue weighted by Crippen LogP contribution is -2.58. The Hall–Kier alpha value is -2.91. The summed E-state index contributed by atoms with van der Waals surface area (Å²) >= 11 is 1.70. The highest BCUT2D eigenvalue weighted by atomic mass is 32.1. The molecule has 3 heterocycles. The summed E-state index contributed by atoms with van der Waals surface area (Å²) < 4.78 is 2.29. The molecule has 4 rings (SSSR count). The molecule has 3 aromatic rings. The number of fused-ring (bicyclic) bond motifs is 3. The highest BCUT2D eigenvalue weighted by Gasteiger charge is 2.38. The lowest BCUT2D eigenvalue weighted by molar-refractivity contribution is -0.129. The van der Waals surface area contributed by atoms with E-state index in [1.165, 1.54) is 9.60 Å². The molecule has 1 aliphatic heterocycles. The summed E-state index contributed by atoms with van der Waals surface area (Å²) in [5.74, 6) is 5.97. The molecule has 5 nitrogen and oxygen atoms in total. The van der Waals surface area contributed by atoms with Crippen molar-refractivity contribution in [2.45, 2.75) is 25.8 Å². The van der Waals surface area contributed by atoms with Gasteiger partial charge >= 0.3 is 0 Å². The zero-order valence-electron chi connectivity index (χ0n) is 14.8. The minimum atomic E-state index is -0.595. The van der Waals surface area contributed by atoms with Crippen LogP contribution < -0.4 is 5.32 Å². The number of nitrogens with zero attached hydrogens (tertiary/aromatic N) is 2. The first kappa shape index (κ1) is 16.6. The van der Waals surface area contributed by atoms with E-state index in [1.54, 1.807) is 25.3 Å². The normalized spacial score (nSPS) is 20.2. The maximum Gasteiger partial charge on any atom is 0.231 e. The molecule has 26 heavy (non-hydrogen) atoms. The number of hydrogen-bond donors (Lipinski definition) is 2. The molecule has 0 saturated carbocycles. The van der Waals surface area contributed by atoms with E-state index in [0.29, 0.717) is 6.42 Å². The second kappa shape index (κ2) is 5.82. The van der Waals surface area contributed by atoms with Gasteiger partial charge in [0.15, 0.2) is 5.96 Å². The third kappa shape index (κ3) is 2.52. The number of rotatable bonds is 1. The molecule has 0 radical (unpaired) electrons. The van der Waals surface area contributed by atoms with Crippen molar-refractivity contribution in [2.24, 2.45) is 0 Å². The number of carbonyl (C=O) groups is 1. The van der Waals surface area contributed by atoms with Gasteiger partial charge in [0.2, 0.25) is 5.91 Å². The zero-order valence-corrected chi connectivity index (χ0v) is 15.6. The fraction of sp³-hybridized carbons (Fsp3) is 0.250. The Morgan fingerprint density at radius 2 is 2.08 bits per heavy atom. The molecule has 0 aliphatic carbocycles. The molecule has 1 aliphatic rings. The van der Waals surface area contributed by atoms with Crippen molar-refractivity contribution in [1.82, 2.24) is 15.2 Å². The Bertz CT molecular complexity index is 1120. The van der Waals surface area contributed by atoms with E-state index in [9.17, 15) is 4.79 Å². The summed E-state index contributed by atoms with van der Waals surface area (Å²) in [6, 6.07) is 8.26. The summed E-state index contributed by atoms with van der Waals surface area (Å²) in [4.78, 5) is 18.0. The van der Waals surface area contributed by atoms with E-state index in [1.807, 2.05) is 25.3 Å². The summed E-state index contributed by atoms with van der Waals surface area (Å²) in [5.41, 5.74) is 1.16. The highest BCUT2D eigenvalue weighted by molar-refractivity contribution is 7.25. The van der Waals surface area contributed by atoms with Crippen molar-refractivity contribution in [3.05, 3.63) is 41.7 Å². The predicted molar refractivity (Wildman–Crippen MR) is 105 cm³/mol. The summed E-state index contributed by atoms with van der Waals surface area (Å²) in [6.45, 7) is 3.77. The molecule has 1 atom stereocenters. The number of guanidine groups is 1. The Morgan fingerprint density at radius 1 is 1.31 bits per heavy atom. The van der Waals surface area contributed by atoms with Crippen LogP contribution >= 0.6 is 11.3 Å². The van der Waals surface area contributed by atoms with Gasteiger partial charge in [-0.25, -0.2) is 4.98 Å². The molecular formula is C20H18N4OS. The van der Waals surface area contributed by atoms with Crippen LogP contribution in [0.3, 0.4) is 0 Å². The number of thiophene rings is 1. The van der Waals surface area contributed by atoms with Crippen molar-refractivity contribution in [2.75, 3.05) is 7.05 Å². The van der Waals surface area contributed by atoms with Crippen LogP contribution in [0.1, 0.15) is 31.5 Å². The average Bonchev–Trinajstić information content (AvgIpc) is 2.97. The summed E-state index contributed by atoms with van der Waals surface area (Å²) in [5, 5.41) is 13.5. The molecule has 1 aromatic carbocycles. The van der Waals surface area contributed by atoms with Crippen LogP contribution in [-0.2, 0) is 10.3 Å². The van der Waals surface area contributed by atoms with Crippen LogP contribution in [0.4, 0.5) is 0 Å². The van der Waals surface area contributed by atoms with Crippen LogP contribution in [0.15, 0.2) is 30.5 Å². The standard InChI is InChI=1S/C20H18N4OS/c1-4-5-13-9-15-14-8-12(6-7-16(14)26-17(15)11-22-13)20(2)10-18(25)24(3)19(21)23-20/h6-9,11H,10H2,1-3H3,(H2,21,23)/t20-/m0/s1. The second-order valence-corrected chi connectivity index (χ2v) is 7.77. The first-order chi connectivity index (χ1) is 12.4. The monoisotopic (exact) mass is 362 g/mol. The van der Waals surface area contributed by atoms with Crippen LogP contribution in [-0.4, -0.2) is 28.8 Å². The third-order valence-electron chi connectivity index (χ3n) is 4.86. The molecule has 1 amide bonds. The molecule has 1 fully saturated rings. The topological polar surface area (TPSA) is 69.1 Å². The fourth-order valence-corrected chi connectivity index (χ4v) is 4.37.